The van der Waals surface area contributed by atoms with E-state index in [1.807, 2.05) is 42.5 Å². The molecule has 0 atom stereocenters. The van der Waals surface area contributed by atoms with Gasteiger partial charge in [0.1, 0.15) is 0 Å². The fourth-order valence-corrected chi connectivity index (χ4v) is 3.20. The van der Waals surface area contributed by atoms with Crippen LogP contribution in [0.4, 0.5) is 10.8 Å². The predicted octanol–water partition coefficient (Wildman–Crippen LogP) is 4.53. The van der Waals surface area contributed by atoms with E-state index in [0.29, 0.717) is 20.7 Å². The van der Waals surface area contributed by atoms with Crippen molar-refractivity contribution in [2.75, 3.05) is 10.9 Å². The number of halogens is 1. The van der Waals surface area contributed by atoms with Crippen LogP contribution in [0.15, 0.2) is 54.6 Å². The summed E-state index contributed by atoms with van der Waals surface area (Å²) < 4.78 is 0. The Balaban J connectivity index is 1.85. The molecule has 24 heavy (non-hydrogen) atoms. The molecular weight excluding hydrogens is 346 g/mol. The molecule has 0 saturated heterocycles. The number of benzene rings is 2. The summed E-state index contributed by atoms with van der Waals surface area (Å²) in [6, 6.07) is 16.8. The number of nitrogens with one attached hydrogen (secondary N) is 2. The molecule has 122 valence electrons. The predicted molar refractivity (Wildman–Crippen MR) is 97.6 cm³/mol. The SMILES string of the molecule is O=C(O)Cc1sc(NNc2ccccc2)nc1-c1ccc(Cl)cc1. The largest absolute Gasteiger partial charge is 0.481 e. The number of para-hydroxylation sites is 1. The maximum Gasteiger partial charge on any atom is 0.308 e. The molecule has 5 nitrogen and oxygen atoms in total. The molecule has 0 amide bonds. The van der Waals surface area contributed by atoms with Crippen molar-refractivity contribution >= 4 is 39.7 Å². The molecule has 0 aliphatic carbocycles. The van der Waals surface area contributed by atoms with Crippen molar-refractivity contribution in [3.05, 3.63) is 64.5 Å². The lowest BCUT2D eigenvalue weighted by Crippen LogP contribution is -2.07. The molecule has 3 aromatic rings. The molecule has 0 unspecified atom stereocenters. The number of nitrogens with zero attached hydrogens (tertiary/aromatic N) is 1. The molecule has 7 heteroatoms. The Kier molecular flexibility index (Phi) is 4.98. The smallest absolute Gasteiger partial charge is 0.308 e. The van der Waals surface area contributed by atoms with E-state index in [1.165, 1.54) is 11.3 Å². The van der Waals surface area contributed by atoms with Gasteiger partial charge in [0.2, 0.25) is 5.13 Å². The van der Waals surface area contributed by atoms with Crippen molar-refractivity contribution in [2.24, 2.45) is 0 Å². The van der Waals surface area contributed by atoms with Gasteiger partial charge in [-0.1, -0.05) is 53.3 Å². The number of anilines is 2. The molecule has 0 saturated carbocycles. The molecule has 0 aliphatic heterocycles. The number of thiazole rings is 1. The van der Waals surface area contributed by atoms with Gasteiger partial charge in [-0.15, -0.1) is 0 Å². The van der Waals surface area contributed by atoms with Crippen molar-refractivity contribution < 1.29 is 9.90 Å². The number of carboxylic acids is 1. The van der Waals surface area contributed by atoms with Crippen LogP contribution in [0.3, 0.4) is 0 Å². The third kappa shape index (κ3) is 4.04. The lowest BCUT2D eigenvalue weighted by atomic mass is 10.1. The molecule has 1 heterocycles. The Morgan fingerprint density at radius 3 is 2.46 bits per heavy atom. The van der Waals surface area contributed by atoms with Crippen molar-refractivity contribution in [1.29, 1.82) is 0 Å². The lowest BCUT2D eigenvalue weighted by Gasteiger charge is -2.05. The first-order chi connectivity index (χ1) is 11.6. The van der Waals surface area contributed by atoms with Crippen LogP contribution in [-0.2, 0) is 11.2 Å². The van der Waals surface area contributed by atoms with E-state index in [0.717, 1.165) is 11.3 Å². The van der Waals surface area contributed by atoms with Crippen molar-refractivity contribution in [3.63, 3.8) is 0 Å². The van der Waals surface area contributed by atoms with E-state index in [4.69, 9.17) is 16.7 Å². The summed E-state index contributed by atoms with van der Waals surface area (Å²) in [5, 5.41) is 10.3. The Labute approximate surface area is 147 Å². The number of carboxylic acid groups (broad SMARTS) is 1. The Hall–Kier alpha value is -2.57. The molecule has 0 radical (unpaired) electrons. The molecule has 1 aromatic heterocycles. The van der Waals surface area contributed by atoms with Gasteiger partial charge in [0.25, 0.3) is 0 Å². The fourth-order valence-electron chi connectivity index (χ4n) is 2.14. The third-order valence-corrected chi connectivity index (χ3v) is 4.44. The number of aromatic nitrogens is 1. The van der Waals surface area contributed by atoms with E-state index >= 15 is 0 Å². The van der Waals surface area contributed by atoms with Crippen LogP contribution in [-0.4, -0.2) is 16.1 Å². The van der Waals surface area contributed by atoms with Crippen LogP contribution in [0.2, 0.25) is 5.02 Å². The number of carbonyl (C=O) groups is 1. The second-order valence-corrected chi connectivity index (χ2v) is 6.50. The summed E-state index contributed by atoms with van der Waals surface area (Å²) in [6.45, 7) is 0. The molecule has 3 N–H and O–H groups in total. The molecule has 0 spiro atoms. The van der Waals surface area contributed by atoms with E-state index in [2.05, 4.69) is 15.8 Å². The first-order valence-corrected chi connectivity index (χ1v) is 8.36. The van der Waals surface area contributed by atoms with Gasteiger partial charge < -0.3 is 5.11 Å². The lowest BCUT2D eigenvalue weighted by molar-refractivity contribution is -0.136. The zero-order valence-corrected chi connectivity index (χ0v) is 14.1. The van der Waals surface area contributed by atoms with Crippen molar-refractivity contribution in [2.45, 2.75) is 6.42 Å². The van der Waals surface area contributed by atoms with Crippen LogP contribution in [0.25, 0.3) is 11.3 Å². The third-order valence-electron chi connectivity index (χ3n) is 3.21. The summed E-state index contributed by atoms with van der Waals surface area (Å²) in [6.07, 6.45) is -0.0807. The average Bonchev–Trinajstić information content (AvgIpc) is 2.97. The zero-order chi connectivity index (χ0) is 16.9. The number of hydrogen-bond donors (Lipinski definition) is 3. The van der Waals surface area contributed by atoms with Gasteiger partial charge >= 0.3 is 5.97 Å². The molecule has 2 aromatic carbocycles. The second kappa shape index (κ2) is 7.33. The normalized spacial score (nSPS) is 10.4. The minimum Gasteiger partial charge on any atom is -0.481 e. The highest BCUT2D eigenvalue weighted by Gasteiger charge is 2.15. The summed E-state index contributed by atoms with van der Waals surface area (Å²) in [7, 11) is 0. The van der Waals surface area contributed by atoms with Gasteiger partial charge in [-0.2, -0.15) is 0 Å². The first kappa shape index (κ1) is 16.3. The van der Waals surface area contributed by atoms with Gasteiger partial charge in [0, 0.05) is 15.5 Å². The first-order valence-electron chi connectivity index (χ1n) is 7.16. The van der Waals surface area contributed by atoms with Crippen LogP contribution in [0, 0.1) is 0 Å². The van der Waals surface area contributed by atoms with Gasteiger partial charge in [-0.05, 0) is 24.3 Å². The highest BCUT2D eigenvalue weighted by Crippen LogP contribution is 2.32. The quantitative estimate of drug-likeness (QED) is 0.564. The Morgan fingerprint density at radius 1 is 1.08 bits per heavy atom. The Bertz CT molecular complexity index is 835. The van der Waals surface area contributed by atoms with Crippen molar-refractivity contribution in [1.82, 2.24) is 4.98 Å². The maximum absolute atomic E-state index is 11.1. The highest BCUT2D eigenvalue weighted by molar-refractivity contribution is 7.16. The van der Waals surface area contributed by atoms with Gasteiger partial charge in [0.15, 0.2) is 0 Å². The topological polar surface area (TPSA) is 74.2 Å². The number of rotatable bonds is 6. The van der Waals surface area contributed by atoms with Crippen LogP contribution in [0.5, 0.6) is 0 Å². The van der Waals surface area contributed by atoms with E-state index in [9.17, 15) is 4.79 Å². The van der Waals surface area contributed by atoms with Gasteiger partial charge in [-0.25, -0.2) is 4.98 Å². The standard InChI is InChI=1S/C17H14ClN3O2S/c18-12-8-6-11(7-9-12)16-14(10-15(22)23)24-17(19-16)21-20-13-4-2-1-3-5-13/h1-9,20H,10H2,(H,19,21)(H,22,23). The highest BCUT2D eigenvalue weighted by atomic mass is 35.5. The van der Waals surface area contributed by atoms with E-state index in [1.54, 1.807) is 12.1 Å². The second-order valence-electron chi connectivity index (χ2n) is 4.98. The molecule has 3 rings (SSSR count). The number of aliphatic carboxylic acids is 1. The monoisotopic (exact) mass is 359 g/mol. The zero-order valence-electron chi connectivity index (χ0n) is 12.5. The van der Waals surface area contributed by atoms with Crippen molar-refractivity contribution in [3.8, 4) is 11.3 Å². The molecular formula is C17H14ClN3O2S. The maximum atomic E-state index is 11.1. The molecule has 0 fully saturated rings. The Morgan fingerprint density at radius 2 is 1.79 bits per heavy atom. The van der Waals surface area contributed by atoms with Crippen LogP contribution < -0.4 is 10.9 Å². The summed E-state index contributed by atoms with van der Waals surface area (Å²) in [5.74, 6) is -0.892. The average molecular weight is 360 g/mol. The minimum atomic E-state index is -0.892. The minimum absolute atomic E-state index is 0.0807. The molecule has 0 aliphatic rings. The fraction of sp³-hybridized carbons (Fsp3) is 0.0588. The van der Waals surface area contributed by atoms with Gasteiger partial charge in [-0.3, -0.25) is 15.6 Å². The molecule has 0 bridgehead atoms. The summed E-state index contributed by atoms with van der Waals surface area (Å²) in [4.78, 5) is 16.3. The summed E-state index contributed by atoms with van der Waals surface area (Å²) >= 11 is 7.22. The van der Waals surface area contributed by atoms with Crippen LogP contribution in [0.1, 0.15) is 4.88 Å². The van der Waals surface area contributed by atoms with Gasteiger partial charge in [0.05, 0.1) is 17.8 Å². The number of hydrazine groups is 1. The van der Waals surface area contributed by atoms with E-state index < -0.39 is 5.97 Å². The number of hydrogen-bond acceptors (Lipinski definition) is 5. The van der Waals surface area contributed by atoms with E-state index in [-0.39, 0.29) is 6.42 Å². The van der Waals surface area contributed by atoms with Crippen LogP contribution >= 0.6 is 22.9 Å². The summed E-state index contributed by atoms with van der Waals surface area (Å²) in [5.41, 5.74) is 8.43.